The molecule has 0 aliphatic rings. The Morgan fingerprint density at radius 1 is 1.16 bits per heavy atom. The molecule has 0 saturated heterocycles. The van der Waals surface area contributed by atoms with E-state index in [4.69, 9.17) is 4.74 Å². The van der Waals surface area contributed by atoms with E-state index >= 15 is 0 Å². The van der Waals surface area contributed by atoms with E-state index in [1.165, 1.54) is 0 Å². The number of H-pyrrole nitrogens is 1. The summed E-state index contributed by atoms with van der Waals surface area (Å²) in [7, 11) is 0. The highest BCUT2D eigenvalue weighted by Crippen LogP contribution is 2.20. The molecule has 4 aromatic rings. The zero-order valence-electron chi connectivity index (χ0n) is 17.0. The molecule has 2 aromatic heterocycles. The second-order valence-corrected chi connectivity index (χ2v) is 6.87. The van der Waals surface area contributed by atoms with Crippen molar-refractivity contribution >= 4 is 11.7 Å². The molecule has 3 N–H and O–H groups in total. The van der Waals surface area contributed by atoms with Gasteiger partial charge in [-0.15, -0.1) is 0 Å². The third-order valence-electron chi connectivity index (χ3n) is 4.52. The van der Waals surface area contributed by atoms with Crippen molar-refractivity contribution in [3.05, 3.63) is 90.3 Å². The van der Waals surface area contributed by atoms with Crippen LogP contribution in [0.3, 0.4) is 0 Å². The molecule has 1 atom stereocenters. The number of aromatic nitrogens is 5. The Balaban J connectivity index is 1.39. The van der Waals surface area contributed by atoms with Crippen LogP contribution in [0.5, 0.6) is 5.75 Å². The third-order valence-corrected chi connectivity index (χ3v) is 4.52. The second-order valence-electron chi connectivity index (χ2n) is 6.87. The Hall–Kier alpha value is -4.14. The van der Waals surface area contributed by atoms with Crippen LogP contribution in [0, 0.1) is 6.92 Å². The van der Waals surface area contributed by atoms with Gasteiger partial charge in [0.1, 0.15) is 24.2 Å². The molecule has 2 heterocycles. The largest absolute Gasteiger partial charge is 0.492 e. The van der Waals surface area contributed by atoms with Crippen LogP contribution < -0.4 is 15.4 Å². The zero-order chi connectivity index (χ0) is 21.5. The number of urea groups is 1. The summed E-state index contributed by atoms with van der Waals surface area (Å²) in [5, 5.41) is 17.0. The number of benzene rings is 2. The Morgan fingerprint density at radius 2 is 2.03 bits per heavy atom. The van der Waals surface area contributed by atoms with Gasteiger partial charge in [0.25, 0.3) is 0 Å². The molecule has 0 radical (unpaired) electrons. The van der Waals surface area contributed by atoms with Gasteiger partial charge in [0, 0.05) is 24.1 Å². The molecular weight excluding hydrogens is 394 g/mol. The van der Waals surface area contributed by atoms with Gasteiger partial charge in [-0.25, -0.2) is 9.78 Å². The first-order valence-corrected chi connectivity index (χ1v) is 9.89. The molecule has 0 saturated carbocycles. The van der Waals surface area contributed by atoms with Crippen molar-refractivity contribution in [1.29, 1.82) is 0 Å². The fourth-order valence-corrected chi connectivity index (χ4v) is 3.08. The van der Waals surface area contributed by atoms with Gasteiger partial charge in [-0.2, -0.15) is 10.2 Å². The highest BCUT2D eigenvalue weighted by Gasteiger charge is 2.21. The maximum atomic E-state index is 12.7. The van der Waals surface area contributed by atoms with E-state index in [1.807, 2.05) is 61.7 Å². The lowest BCUT2D eigenvalue weighted by atomic mass is 10.1. The summed E-state index contributed by atoms with van der Waals surface area (Å²) < 4.78 is 7.56. The number of carbonyl (C=O) groups is 1. The van der Waals surface area contributed by atoms with E-state index in [0.717, 1.165) is 5.56 Å². The highest BCUT2D eigenvalue weighted by atomic mass is 16.5. The van der Waals surface area contributed by atoms with Crippen LogP contribution in [0.4, 0.5) is 10.5 Å². The molecule has 2 amide bonds. The first-order valence-electron chi connectivity index (χ1n) is 9.89. The minimum Gasteiger partial charge on any atom is -0.492 e. The lowest BCUT2D eigenvalue weighted by Gasteiger charge is -2.17. The SMILES string of the molecule is Cc1nc(C(NC(=O)Nc2cccc(OCCn3cccn3)c2)c2ccccc2)n[nH]1. The highest BCUT2D eigenvalue weighted by molar-refractivity contribution is 5.89. The molecule has 0 spiro atoms. The van der Waals surface area contributed by atoms with Crippen molar-refractivity contribution in [3.63, 3.8) is 0 Å². The standard InChI is InChI=1S/C22H23N7O2/c1-16-24-21(28-27-16)20(17-7-3-2-4-8-17)26-22(30)25-18-9-5-10-19(15-18)31-14-13-29-12-6-11-23-29/h2-12,15,20H,13-14H2,1H3,(H,24,27,28)(H2,25,26,30). The number of ether oxygens (including phenoxy) is 1. The van der Waals surface area contributed by atoms with Gasteiger partial charge in [-0.05, 0) is 30.7 Å². The van der Waals surface area contributed by atoms with E-state index in [1.54, 1.807) is 23.0 Å². The summed E-state index contributed by atoms with van der Waals surface area (Å²) in [5.41, 5.74) is 1.50. The van der Waals surface area contributed by atoms with Crippen LogP contribution >= 0.6 is 0 Å². The lowest BCUT2D eigenvalue weighted by Crippen LogP contribution is -2.33. The van der Waals surface area contributed by atoms with E-state index in [-0.39, 0.29) is 6.03 Å². The van der Waals surface area contributed by atoms with E-state index in [2.05, 4.69) is 30.9 Å². The summed E-state index contributed by atoms with van der Waals surface area (Å²) in [5.74, 6) is 1.84. The predicted molar refractivity (Wildman–Crippen MR) is 116 cm³/mol. The minimum absolute atomic E-state index is 0.370. The van der Waals surface area contributed by atoms with Crippen molar-refractivity contribution in [2.75, 3.05) is 11.9 Å². The molecule has 31 heavy (non-hydrogen) atoms. The van der Waals surface area contributed by atoms with Gasteiger partial charge < -0.3 is 15.4 Å². The third kappa shape index (κ3) is 5.47. The van der Waals surface area contributed by atoms with Crippen molar-refractivity contribution in [1.82, 2.24) is 30.3 Å². The van der Waals surface area contributed by atoms with Crippen LogP contribution in [-0.2, 0) is 6.54 Å². The molecule has 0 fully saturated rings. The van der Waals surface area contributed by atoms with Gasteiger partial charge in [-0.3, -0.25) is 9.78 Å². The number of aryl methyl sites for hydroxylation is 1. The number of hydrogen-bond acceptors (Lipinski definition) is 5. The molecular formula is C22H23N7O2. The van der Waals surface area contributed by atoms with E-state index in [0.29, 0.717) is 36.2 Å². The van der Waals surface area contributed by atoms with Gasteiger partial charge in [0.05, 0.1) is 6.54 Å². The van der Waals surface area contributed by atoms with Crippen LogP contribution in [0.1, 0.15) is 23.3 Å². The average molecular weight is 417 g/mol. The Kier molecular flexibility index (Phi) is 6.22. The fraction of sp³-hybridized carbons (Fsp3) is 0.182. The van der Waals surface area contributed by atoms with Crippen molar-refractivity contribution in [2.45, 2.75) is 19.5 Å². The smallest absolute Gasteiger partial charge is 0.320 e. The summed E-state index contributed by atoms with van der Waals surface area (Å²) in [6.07, 6.45) is 3.61. The van der Waals surface area contributed by atoms with Crippen molar-refractivity contribution < 1.29 is 9.53 Å². The number of nitrogens with one attached hydrogen (secondary N) is 3. The topological polar surface area (TPSA) is 110 Å². The fourth-order valence-electron chi connectivity index (χ4n) is 3.08. The lowest BCUT2D eigenvalue weighted by molar-refractivity contribution is 0.249. The first-order chi connectivity index (χ1) is 15.2. The van der Waals surface area contributed by atoms with Gasteiger partial charge >= 0.3 is 6.03 Å². The molecule has 2 aromatic carbocycles. The molecule has 0 aliphatic heterocycles. The maximum Gasteiger partial charge on any atom is 0.320 e. The Morgan fingerprint density at radius 3 is 2.77 bits per heavy atom. The second kappa shape index (κ2) is 9.57. The zero-order valence-corrected chi connectivity index (χ0v) is 17.0. The number of carbonyl (C=O) groups excluding carboxylic acids is 1. The normalized spacial score (nSPS) is 11.6. The number of amides is 2. The van der Waals surface area contributed by atoms with Crippen molar-refractivity contribution in [3.8, 4) is 5.75 Å². The molecule has 0 bridgehead atoms. The van der Waals surface area contributed by atoms with Crippen LogP contribution in [-0.4, -0.2) is 37.6 Å². The number of hydrogen-bond donors (Lipinski definition) is 3. The first kappa shape index (κ1) is 20.1. The maximum absolute atomic E-state index is 12.7. The van der Waals surface area contributed by atoms with E-state index in [9.17, 15) is 4.79 Å². The number of rotatable bonds is 8. The summed E-state index contributed by atoms with van der Waals surface area (Å²) in [6.45, 7) is 2.92. The van der Waals surface area contributed by atoms with Crippen LogP contribution in [0.25, 0.3) is 0 Å². The molecule has 0 aliphatic carbocycles. The molecule has 9 heteroatoms. The van der Waals surface area contributed by atoms with Gasteiger partial charge in [-0.1, -0.05) is 36.4 Å². The molecule has 4 rings (SSSR count). The summed E-state index contributed by atoms with van der Waals surface area (Å²) in [6, 6.07) is 17.8. The van der Waals surface area contributed by atoms with Crippen LogP contribution in [0.2, 0.25) is 0 Å². The Bertz CT molecular complexity index is 1110. The van der Waals surface area contributed by atoms with E-state index < -0.39 is 6.04 Å². The minimum atomic E-state index is -0.486. The van der Waals surface area contributed by atoms with Crippen LogP contribution in [0.15, 0.2) is 73.1 Å². The number of nitrogens with zero attached hydrogens (tertiary/aromatic N) is 4. The molecule has 9 nitrogen and oxygen atoms in total. The number of aromatic amines is 1. The Labute approximate surface area is 179 Å². The van der Waals surface area contributed by atoms with Gasteiger partial charge in [0.2, 0.25) is 0 Å². The monoisotopic (exact) mass is 417 g/mol. The predicted octanol–water partition coefficient (Wildman–Crippen LogP) is 3.30. The number of anilines is 1. The molecule has 1 unspecified atom stereocenters. The summed E-state index contributed by atoms with van der Waals surface area (Å²) >= 11 is 0. The molecule has 158 valence electrons. The average Bonchev–Trinajstić information content (AvgIpc) is 3.45. The quantitative estimate of drug-likeness (QED) is 0.407. The van der Waals surface area contributed by atoms with Crippen molar-refractivity contribution in [2.24, 2.45) is 0 Å². The summed E-state index contributed by atoms with van der Waals surface area (Å²) in [4.78, 5) is 17.1. The van der Waals surface area contributed by atoms with Gasteiger partial charge in [0.15, 0.2) is 5.82 Å².